The Morgan fingerprint density at radius 3 is 2.85 bits per heavy atom. The van der Waals surface area contributed by atoms with Crippen molar-refractivity contribution < 1.29 is 4.79 Å². The van der Waals surface area contributed by atoms with Crippen LogP contribution < -0.4 is 0 Å². The quantitative estimate of drug-likeness (QED) is 0.734. The number of hydrogen-bond donors (Lipinski definition) is 0. The zero-order valence-corrected chi connectivity index (χ0v) is 16.4. The highest BCUT2D eigenvalue weighted by atomic mass is 16.2. The van der Waals surface area contributed by atoms with Gasteiger partial charge < -0.3 is 4.90 Å². The Morgan fingerprint density at radius 1 is 1.27 bits per heavy atom. The first-order valence-electron chi connectivity index (χ1n) is 9.75. The maximum Gasteiger partial charge on any atom is 0.236 e. The number of carbonyl (C=O) groups excluding carboxylic acids is 1. The van der Waals surface area contributed by atoms with Crippen LogP contribution in [0.5, 0.6) is 0 Å². The van der Waals surface area contributed by atoms with Gasteiger partial charge in [0.25, 0.3) is 0 Å². The molecule has 1 amide bonds. The number of carbonyl (C=O) groups is 1. The Bertz CT molecular complexity index is 626. The molecule has 5 nitrogen and oxygen atoms in total. The fourth-order valence-electron chi connectivity index (χ4n) is 4.06. The highest BCUT2D eigenvalue weighted by Gasteiger charge is 2.35. The number of likely N-dealkylation sites (N-methyl/N-ethyl adjacent to an activating group) is 1. The summed E-state index contributed by atoms with van der Waals surface area (Å²) in [6, 6.07) is 6.43. The third-order valence-electron chi connectivity index (χ3n) is 5.48. The first-order chi connectivity index (χ1) is 12.5. The van der Waals surface area contributed by atoms with Gasteiger partial charge in [0.05, 0.1) is 12.2 Å². The van der Waals surface area contributed by atoms with Gasteiger partial charge in [0.15, 0.2) is 0 Å². The molecule has 0 spiro atoms. The van der Waals surface area contributed by atoms with Crippen LogP contribution in [-0.4, -0.2) is 71.4 Å². The van der Waals surface area contributed by atoms with E-state index in [1.807, 2.05) is 25.2 Å². The van der Waals surface area contributed by atoms with E-state index >= 15 is 0 Å². The second-order valence-corrected chi connectivity index (χ2v) is 8.12. The lowest BCUT2D eigenvalue weighted by atomic mass is 9.95. The van der Waals surface area contributed by atoms with Crippen molar-refractivity contribution in [1.29, 1.82) is 0 Å². The minimum absolute atomic E-state index is 0.254. The molecule has 3 fully saturated rings. The Labute approximate surface area is 157 Å². The van der Waals surface area contributed by atoms with Gasteiger partial charge in [-0.1, -0.05) is 17.7 Å². The van der Waals surface area contributed by atoms with Crippen molar-refractivity contribution in [3.8, 4) is 0 Å². The van der Waals surface area contributed by atoms with Crippen LogP contribution in [0.2, 0.25) is 0 Å². The molecule has 142 valence electrons. The molecule has 3 aliphatic heterocycles. The first-order valence-corrected chi connectivity index (χ1v) is 9.75. The van der Waals surface area contributed by atoms with Crippen molar-refractivity contribution in [2.75, 3.05) is 39.8 Å². The molecule has 0 radical (unpaired) electrons. The summed E-state index contributed by atoms with van der Waals surface area (Å²) in [5.74, 6) is 0.869. The molecule has 1 aromatic rings. The highest BCUT2D eigenvalue weighted by Crippen LogP contribution is 2.28. The molecule has 0 aliphatic carbocycles. The van der Waals surface area contributed by atoms with Crippen molar-refractivity contribution in [3.05, 3.63) is 41.7 Å². The average Bonchev–Trinajstić information content (AvgIpc) is 2.92. The fourth-order valence-corrected chi connectivity index (χ4v) is 4.06. The molecular formula is C21H32N4O. The van der Waals surface area contributed by atoms with E-state index in [9.17, 15) is 4.79 Å². The number of allylic oxidation sites excluding steroid dienone is 1. The molecule has 5 heteroatoms. The molecule has 3 saturated heterocycles. The van der Waals surface area contributed by atoms with Crippen molar-refractivity contribution in [2.24, 2.45) is 5.92 Å². The Hall–Kier alpha value is -1.72. The van der Waals surface area contributed by atoms with Gasteiger partial charge >= 0.3 is 0 Å². The largest absolute Gasteiger partial charge is 0.340 e. The predicted molar refractivity (Wildman–Crippen MR) is 105 cm³/mol. The van der Waals surface area contributed by atoms with Gasteiger partial charge in [-0.25, -0.2) is 0 Å². The summed E-state index contributed by atoms with van der Waals surface area (Å²) < 4.78 is 0. The number of nitrogens with zero attached hydrogens (tertiary/aromatic N) is 4. The van der Waals surface area contributed by atoms with Crippen LogP contribution in [-0.2, 0) is 11.3 Å². The zero-order chi connectivity index (χ0) is 18.5. The molecule has 4 heterocycles. The van der Waals surface area contributed by atoms with E-state index in [0.717, 1.165) is 31.9 Å². The summed E-state index contributed by atoms with van der Waals surface area (Å²) in [5, 5.41) is 0. The number of amides is 1. The van der Waals surface area contributed by atoms with Gasteiger partial charge in [-0.2, -0.15) is 0 Å². The summed E-state index contributed by atoms with van der Waals surface area (Å²) in [5.41, 5.74) is 2.38. The summed E-state index contributed by atoms with van der Waals surface area (Å²) in [4.78, 5) is 24.0. The maximum atomic E-state index is 12.9. The van der Waals surface area contributed by atoms with Gasteiger partial charge in [-0.05, 0) is 51.8 Å². The number of fused-ring (bicyclic) bond motifs is 4. The summed E-state index contributed by atoms with van der Waals surface area (Å²) in [6.45, 7) is 9.42. The number of aromatic nitrogens is 1. The maximum absolute atomic E-state index is 12.9. The van der Waals surface area contributed by atoms with Crippen LogP contribution in [0.1, 0.15) is 32.4 Å². The average molecular weight is 357 g/mol. The first kappa shape index (κ1) is 19.1. The molecule has 0 unspecified atom stereocenters. The van der Waals surface area contributed by atoms with Crippen LogP contribution in [0.4, 0.5) is 0 Å². The van der Waals surface area contributed by atoms with E-state index in [4.69, 9.17) is 0 Å². The molecule has 2 atom stereocenters. The fraction of sp³-hybridized carbons (Fsp3) is 0.619. The minimum Gasteiger partial charge on any atom is -0.340 e. The Kier molecular flexibility index (Phi) is 6.43. The van der Waals surface area contributed by atoms with E-state index < -0.39 is 0 Å². The van der Waals surface area contributed by atoms with Gasteiger partial charge in [-0.3, -0.25) is 19.6 Å². The van der Waals surface area contributed by atoms with Gasteiger partial charge in [0.2, 0.25) is 5.91 Å². The van der Waals surface area contributed by atoms with Gasteiger partial charge in [0.1, 0.15) is 0 Å². The van der Waals surface area contributed by atoms with Crippen LogP contribution in [0.3, 0.4) is 0 Å². The second kappa shape index (κ2) is 8.78. The molecule has 4 rings (SSSR count). The number of rotatable bonds is 6. The van der Waals surface area contributed by atoms with E-state index in [-0.39, 0.29) is 5.91 Å². The van der Waals surface area contributed by atoms with Crippen molar-refractivity contribution in [2.45, 2.75) is 39.3 Å². The standard InChI is InChI=1S/C21H32N4O/c1-17(2)9-11-24-12-18-7-8-20(24)15-25(13-18)21(26)16-23(3)14-19-6-4-5-10-22-19/h4-6,9-10,18,20H,7-8,11-16H2,1-3H3/t18-,20-/m1/s1. The van der Waals surface area contributed by atoms with Gasteiger partial charge in [-0.15, -0.1) is 0 Å². The molecule has 0 N–H and O–H groups in total. The third-order valence-corrected chi connectivity index (χ3v) is 5.48. The molecular weight excluding hydrogens is 324 g/mol. The lowest BCUT2D eigenvalue weighted by Gasteiger charge is -2.35. The van der Waals surface area contributed by atoms with E-state index in [1.54, 1.807) is 6.20 Å². The Balaban J connectivity index is 1.56. The smallest absolute Gasteiger partial charge is 0.236 e. The molecule has 1 aromatic heterocycles. The number of hydrogen-bond acceptors (Lipinski definition) is 4. The predicted octanol–water partition coefficient (Wildman–Crippen LogP) is 2.40. The molecule has 0 aromatic carbocycles. The number of piperidine rings is 1. The third kappa shape index (κ3) is 5.15. The molecule has 2 bridgehead atoms. The zero-order valence-electron chi connectivity index (χ0n) is 16.4. The van der Waals surface area contributed by atoms with Gasteiger partial charge in [0, 0.05) is 45.0 Å². The van der Waals surface area contributed by atoms with Crippen molar-refractivity contribution in [3.63, 3.8) is 0 Å². The Morgan fingerprint density at radius 2 is 2.12 bits per heavy atom. The summed E-state index contributed by atoms with van der Waals surface area (Å²) in [6.07, 6.45) is 6.59. The van der Waals surface area contributed by atoms with E-state index in [1.165, 1.54) is 18.4 Å². The molecule has 3 aliphatic rings. The lowest BCUT2D eigenvalue weighted by molar-refractivity contribution is -0.132. The lowest BCUT2D eigenvalue weighted by Crippen LogP contribution is -2.45. The van der Waals surface area contributed by atoms with Crippen molar-refractivity contribution >= 4 is 5.91 Å². The van der Waals surface area contributed by atoms with E-state index in [2.05, 4.69) is 39.6 Å². The summed E-state index contributed by atoms with van der Waals surface area (Å²) in [7, 11) is 2.00. The highest BCUT2D eigenvalue weighted by molar-refractivity contribution is 5.78. The van der Waals surface area contributed by atoms with E-state index in [0.29, 0.717) is 25.0 Å². The van der Waals surface area contributed by atoms with Crippen molar-refractivity contribution in [1.82, 2.24) is 19.7 Å². The summed E-state index contributed by atoms with van der Waals surface area (Å²) >= 11 is 0. The molecule has 0 saturated carbocycles. The van der Waals surface area contributed by atoms with Crippen LogP contribution in [0.25, 0.3) is 0 Å². The van der Waals surface area contributed by atoms with Crippen LogP contribution in [0.15, 0.2) is 36.0 Å². The van der Waals surface area contributed by atoms with Crippen LogP contribution >= 0.6 is 0 Å². The molecule has 26 heavy (non-hydrogen) atoms. The minimum atomic E-state index is 0.254. The second-order valence-electron chi connectivity index (χ2n) is 8.12. The topological polar surface area (TPSA) is 39.7 Å². The normalized spacial score (nSPS) is 23.2. The number of pyridine rings is 1. The van der Waals surface area contributed by atoms with Crippen LogP contribution in [0, 0.1) is 5.92 Å². The SMILES string of the molecule is CC(C)=CCN1C[C@H]2CC[C@@H]1CN(C(=O)CN(C)Cc1ccccn1)C2. The monoisotopic (exact) mass is 356 g/mol.